The smallest absolute Gasteiger partial charge is 0.180 e. The first-order chi connectivity index (χ1) is 31.2. The molecule has 13 rings (SSSR count). The quantitative estimate of drug-likeness (QED) is 0.166. The van der Waals surface area contributed by atoms with Gasteiger partial charge in [0, 0.05) is 69.8 Å². The maximum absolute atomic E-state index is 6.44. The van der Waals surface area contributed by atoms with E-state index in [0.717, 1.165) is 92.3 Å². The lowest BCUT2D eigenvalue weighted by molar-refractivity contribution is 0.667. The average molecular weight is 825 g/mol. The maximum Gasteiger partial charge on any atom is 0.180 e. The van der Waals surface area contributed by atoms with Gasteiger partial charge in [0.05, 0.1) is 11.0 Å². The second kappa shape index (κ2) is 14.1. The Morgan fingerprint density at radius 2 is 1.02 bits per heavy atom. The van der Waals surface area contributed by atoms with E-state index in [1.807, 2.05) is 66.7 Å². The van der Waals surface area contributed by atoms with Crippen molar-refractivity contribution in [2.75, 3.05) is 0 Å². The molecule has 0 N–H and O–H groups in total. The molecule has 0 saturated carbocycles. The summed E-state index contributed by atoms with van der Waals surface area (Å²) in [6.07, 6.45) is 0. The molecule has 0 aliphatic carbocycles. The first kappa shape index (κ1) is 35.4. The molecule has 63 heavy (non-hydrogen) atoms. The van der Waals surface area contributed by atoms with Crippen LogP contribution in [0.3, 0.4) is 0 Å². The number of furan rings is 1. The van der Waals surface area contributed by atoms with Crippen LogP contribution in [-0.2, 0) is 0 Å². The molecule has 0 aliphatic heterocycles. The highest BCUT2D eigenvalue weighted by Crippen LogP contribution is 2.43. The van der Waals surface area contributed by atoms with Crippen LogP contribution in [0.5, 0.6) is 0 Å². The first-order valence-corrected chi connectivity index (χ1v) is 21.6. The number of fused-ring (bicyclic) bond motifs is 9. The lowest BCUT2D eigenvalue weighted by Crippen LogP contribution is -2.00. The monoisotopic (exact) mass is 824 g/mol. The molecule has 7 nitrogen and oxygen atoms in total. The van der Waals surface area contributed by atoms with E-state index in [2.05, 4.69) is 132 Å². The number of aromatic nitrogens is 6. The van der Waals surface area contributed by atoms with Gasteiger partial charge in [0.15, 0.2) is 28.9 Å². The van der Waals surface area contributed by atoms with E-state index < -0.39 is 0 Å². The van der Waals surface area contributed by atoms with Crippen molar-refractivity contribution >= 4 is 75.4 Å². The lowest BCUT2D eigenvalue weighted by atomic mass is 10.0. The summed E-state index contributed by atoms with van der Waals surface area (Å²) in [6.45, 7) is 0. The summed E-state index contributed by atoms with van der Waals surface area (Å²) in [6, 6.07) is 66.9. The number of para-hydroxylation sites is 3. The van der Waals surface area contributed by atoms with E-state index in [9.17, 15) is 0 Å². The summed E-state index contributed by atoms with van der Waals surface area (Å²) >= 11 is 1.76. The van der Waals surface area contributed by atoms with Crippen LogP contribution in [0.15, 0.2) is 199 Å². The normalized spacial score (nSPS) is 11.8. The zero-order valence-corrected chi connectivity index (χ0v) is 34.3. The highest BCUT2D eigenvalue weighted by atomic mass is 32.1. The Bertz CT molecular complexity index is 3910. The molecule has 13 aromatic rings. The van der Waals surface area contributed by atoms with Gasteiger partial charge >= 0.3 is 0 Å². The molecule has 5 heterocycles. The molecule has 5 aromatic heterocycles. The zero-order chi connectivity index (χ0) is 41.4. The Morgan fingerprint density at radius 1 is 0.397 bits per heavy atom. The SMILES string of the molecule is c1ccc(-c2nc(-c3ccc4sc5cccc(-c6nc(-c7ccccc7)c7oc8ccccc8c7n6)c5c4c3)nc(-c3ccc4c(c3)c3ccccc3n4-c3ccccc3)n2)cc1. The fourth-order valence-corrected chi connectivity index (χ4v) is 10.1. The number of hydrogen-bond acceptors (Lipinski definition) is 7. The lowest BCUT2D eigenvalue weighted by Gasteiger charge is -2.10. The van der Waals surface area contributed by atoms with Crippen molar-refractivity contribution in [2.45, 2.75) is 0 Å². The Labute approximate surface area is 364 Å². The molecule has 0 fully saturated rings. The summed E-state index contributed by atoms with van der Waals surface area (Å²) in [7, 11) is 0. The van der Waals surface area contributed by atoms with Gasteiger partial charge in [-0.2, -0.15) is 0 Å². The summed E-state index contributed by atoms with van der Waals surface area (Å²) in [5, 5.41) is 5.43. The average Bonchev–Trinajstić information content (AvgIpc) is 4.03. The van der Waals surface area contributed by atoms with Crippen LogP contribution >= 0.6 is 11.3 Å². The number of rotatable bonds is 6. The second-order valence-corrected chi connectivity index (χ2v) is 16.7. The molecule has 0 atom stereocenters. The van der Waals surface area contributed by atoms with Crippen LogP contribution in [0.25, 0.3) is 127 Å². The van der Waals surface area contributed by atoms with Gasteiger partial charge in [-0.1, -0.05) is 121 Å². The van der Waals surface area contributed by atoms with Crippen molar-refractivity contribution in [3.8, 4) is 62.5 Å². The minimum Gasteiger partial charge on any atom is -0.452 e. The third-order valence-corrected chi connectivity index (χ3v) is 13.0. The predicted molar refractivity (Wildman–Crippen MR) is 257 cm³/mol. The molecule has 0 bridgehead atoms. The maximum atomic E-state index is 6.44. The molecule has 0 spiro atoms. The van der Waals surface area contributed by atoms with Crippen LogP contribution in [-0.4, -0.2) is 29.5 Å². The second-order valence-electron chi connectivity index (χ2n) is 15.6. The third kappa shape index (κ3) is 5.76. The van der Waals surface area contributed by atoms with Gasteiger partial charge in [-0.25, -0.2) is 24.9 Å². The van der Waals surface area contributed by atoms with E-state index in [1.165, 1.54) is 5.39 Å². The molecule has 0 amide bonds. The zero-order valence-electron chi connectivity index (χ0n) is 33.5. The highest BCUT2D eigenvalue weighted by Gasteiger charge is 2.22. The Hall–Kier alpha value is -8.33. The summed E-state index contributed by atoms with van der Waals surface area (Å²) < 4.78 is 11.1. The van der Waals surface area contributed by atoms with Crippen LogP contribution in [0.4, 0.5) is 0 Å². The molecule has 0 saturated heterocycles. The van der Waals surface area contributed by atoms with Crippen molar-refractivity contribution in [1.82, 2.24) is 29.5 Å². The highest BCUT2D eigenvalue weighted by molar-refractivity contribution is 7.26. The molecule has 8 heteroatoms. The predicted octanol–water partition coefficient (Wildman–Crippen LogP) is 14.4. The molecule has 294 valence electrons. The van der Waals surface area contributed by atoms with E-state index in [4.69, 9.17) is 29.3 Å². The fraction of sp³-hybridized carbons (Fsp3) is 0. The largest absolute Gasteiger partial charge is 0.452 e. The van der Waals surface area contributed by atoms with Gasteiger partial charge in [0.25, 0.3) is 0 Å². The number of hydrogen-bond donors (Lipinski definition) is 0. The fourth-order valence-electron chi connectivity index (χ4n) is 8.97. The van der Waals surface area contributed by atoms with Crippen molar-refractivity contribution in [1.29, 1.82) is 0 Å². The summed E-state index contributed by atoms with van der Waals surface area (Å²) in [5.41, 5.74) is 11.0. The molecular formula is C55H32N6OS. The number of nitrogens with zero attached hydrogens (tertiary/aromatic N) is 6. The van der Waals surface area contributed by atoms with E-state index in [-0.39, 0.29) is 0 Å². The van der Waals surface area contributed by atoms with E-state index >= 15 is 0 Å². The van der Waals surface area contributed by atoms with Gasteiger partial charge in [-0.3, -0.25) is 0 Å². The van der Waals surface area contributed by atoms with Crippen LogP contribution in [0.2, 0.25) is 0 Å². The number of thiophene rings is 1. The standard InChI is InChI=1S/C55H32N6OS/c1-4-15-33(16-5-1)49-51-50(39-22-11-13-25-45(39)62-51)57-55(56-49)40-23-14-26-47-48(40)42-32-36(28-30-46(42)63-47)54-59-52(34-17-6-2-7-18-34)58-53(60-54)35-27-29-44-41(31-35)38-21-10-12-24-43(38)61(44)37-19-8-3-9-20-37/h1-32H. The Kier molecular flexibility index (Phi) is 7.94. The summed E-state index contributed by atoms with van der Waals surface area (Å²) in [4.78, 5) is 26.0. The van der Waals surface area contributed by atoms with E-state index in [0.29, 0.717) is 28.9 Å². The minimum absolute atomic E-state index is 0.596. The molecule has 0 unspecified atom stereocenters. The van der Waals surface area contributed by atoms with Crippen LogP contribution in [0, 0.1) is 0 Å². The van der Waals surface area contributed by atoms with Crippen LogP contribution in [0.1, 0.15) is 0 Å². The van der Waals surface area contributed by atoms with Gasteiger partial charge in [-0.15, -0.1) is 11.3 Å². The van der Waals surface area contributed by atoms with Gasteiger partial charge < -0.3 is 8.98 Å². The third-order valence-electron chi connectivity index (χ3n) is 11.9. The molecule has 0 radical (unpaired) electrons. The number of benzene rings is 8. The van der Waals surface area contributed by atoms with Gasteiger partial charge in [-0.05, 0) is 72.8 Å². The van der Waals surface area contributed by atoms with Crippen molar-refractivity contribution in [3.05, 3.63) is 194 Å². The van der Waals surface area contributed by atoms with E-state index in [1.54, 1.807) is 11.3 Å². The topological polar surface area (TPSA) is 82.5 Å². The minimum atomic E-state index is 0.596. The summed E-state index contributed by atoms with van der Waals surface area (Å²) in [5.74, 6) is 2.45. The van der Waals surface area contributed by atoms with Crippen molar-refractivity contribution < 1.29 is 4.42 Å². The first-order valence-electron chi connectivity index (χ1n) is 20.8. The van der Waals surface area contributed by atoms with Crippen molar-refractivity contribution in [2.24, 2.45) is 0 Å². The van der Waals surface area contributed by atoms with Crippen molar-refractivity contribution in [3.63, 3.8) is 0 Å². The molecule has 8 aromatic carbocycles. The molecule has 0 aliphatic rings. The Morgan fingerprint density at radius 3 is 1.79 bits per heavy atom. The Balaban J connectivity index is 1.00. The van der Waals surface area contributed by atoms with Gasteiger partial charge in [0.2, 0.25) is 0 Å². The molecular weight excluding hydrogens is 793 g/mol. The van der Waals surface area contributed by atoms with Gasteiger partial charge in [0.1, 0.15) is 16.8 Å². The van der Waals surface area contributed by atoms with Crippen LogP contribution < -0.4 is 0 Å².